The van der Waals surface area contributed by atoms with Crippen LogP contribution in [0.2, 0.25) is 0 Å². The zero-order chi connectivity index (χ0) is 26.5. The highest BCUT2D eigenvalue weighted by molar-refractivity contribution is 8.18. The van der Waals surface area contributed by atoms with Crippen molar-refractivity contribution in [3.63, 3.8) is 0 Å². The topological polar surface area (TPSA) is 133 Å². The van der Waals surface area contributed by atoms with Gasteiger partial charge in [-0.05, 0) is 65.4 Å². The molecule has 0 spiro atoms. The Morgan fingerprint density at radius 1 is 1.03 bits per heavy atom. The van der Waals surface area contributed by atoms with Crippen LogP contribution in [0, 0.1) is 0 Å². The molecule has 37 heavy (non-hydrogen) atoms. The Kier molecular flexibility index (Phi) is 7.63. The SMILES string of the molecule is COC(=O)c1ccc(CN2C(=O)S/C(=C/c3ccc(OCc4ccc(C(=O)O)cc4)c(OC)c3)C2=O)o1. The first kappa shape index (κ1) is 25.6. The third-order valence-corrected chi connectivity index (χ3v) is 6.22. The van der Waals surface area contributed by atoms with Crippen LogP contribution in [0.15, 0.2) is 63.9 Å². The molecular weight excluding hydrogens is 502 g/mol. The van der Waals surface area contributed by atoms with Gasteiger partial charge in [0.15, 0.2) is 11.5 Å². The zero-order valence-corrected chi connectivity index (χ0v) is 20.6. The summed E-state index contributed by atoms with van der Waals surface area (Å²) in [4.78, 5) is 49.1. The van der Waals surface area contributed by atoms with Crippen LogP contribution >= 0.6 is 11.8 Å². The minimum absolute atomic E-state index is 0.0216. The second-order valence-electron chi connectivity index (χ2n) is 7.73. The number of carboxylic acid groups (broad SMARTS) is 1. The molecule has 0 unspecified atom stereocenters. The number of imide groups is 1. The zero-order valence-electron chi connectivity index (χ0n) is 19.8. The molecule has 0 saturated carbocycles. The molecule has 1 aromatic heterocycles. The number of ether oxygens (including phenoxy) is 3. The van der Waals surface area contributed by atoms with Gasteiger partial charge in [-0.25, -0.2) is 9.59 Å². The molecule has 3 aromatic rings. The molecule has 1 N–H and O–H groups in total. The number of aromatic carboxylic acids is 1. The number of benzene rings is 2. The Morgan fingerprint density at radius 2 is 1.78 bits per heavy atom. The van der Waals surface area contributed by atoms with Crippen LogP contribution in [-0.2, 0) is 22.7 Å². The second-order valence-corrected chi connectivity index (χ2v) is 8.72. The van der Waals surface area contributed by atoms with Crippen LogP contribution in [0.3, 0.4) is 0 Å². The Labute approximate surface area is 215 Å². The summed E-state index contributed by atoms with van der Waals surface area (Å²) in [6.07, 6.45) is 1.57. The van der Waals surface area contributed by atoms with Crippen molar-refractivity contribution in [2.45, 2.75) is 13.2 Å². The molecule has 10 nitrogen and oxygen atoms in total. The van der Waals surface area contributed by atoms with E-state index >= 15 is 0 Å². The van der Waals surface area contributed by atoms with E-state index in [0.29, 0.717) is 17.1 Å². The number of thioether (sulfide) groups is 1. The number of esters is 1. The van der Waals surface area contributed by atoms with Gasteiger partial charge in [-0.3, -0.25) is 14.5 Å². The van der Waals surface area contributed by atoms with E-state index in [9.17, 15) is 19.2 Å². The van der Waals surface area contributed by atoms with Crippen molar-refractivity contribution in [2.75, 3.05) is 14.2 Å². The molecule has 4 rings (SSSR count). The number of furan rings is 1. The number of carbonyl (C=O) groups excluding carboxylic acids is 3. The predicted molar refractivity (Wildman–Crippen MR) is 132 cm³/mol. The highest BCUT2D eigenvalue weighted by atomic mass is 32.2. The van der Waals surface area contributed by atoms with Gasteiger partial charge in [0, 0.05) is 0 Å². The number of hydrogen-bond acceptors (Lipinski definition) is 9. The molecule has 1 fully saturated rings. The second kappa shape index (κ2) is 11.0. The molecule has 190 valence electrons. The van der Waals surface area contributed by atoms with E-state index in [-0.39, 0.29) is 35.1 Å². The van der Waals surface area contributed by atoms with E-state index in [4.69, 9.17) is 19.0 Å². The van der Waals surface area contributed by atoms with Crippen molar-refractivity contribution in [3.8, 4) is 11.5 Å². The Balaban J connectivity index is 1.44. The van der Waals surface area contributed by atoms with Crippen molar-refractivity contribution in [1.82, 2.24) is 4.90 Å². The predicted octanol–water partition coefficient (Wildman–Crippen LogP) is 4.59. The normalized spacial score (nSPS) is 14.2. The summed E-state index contributed by atoms with van der Waals surface area (Å²) in [6, 6.07) is 14.3. The molecular formula is C26H21NO9S. The summed E-state index contributed by atoms with van der Waals surface area (Å²) in [6.45, 7) is 0.0709. The van der Waals surface area contributed by atoms with Crippen molar-refractivity contribution < 1.29 is 42.9 Å². The maximum atomic E-state index is 12.9. The largest absolute Gasteiger partial charge is 0.493 e. The van der Waals surface area contributed by atoms with E-state index < -0.39 is 23.1 Å². The maximum absolute atomic E-state index is 12.9. The third-order valence-electron chi connectivity index (χ3n) is 5.32. The first-order chi connectivity index (χ1) is 17.8. The highest BCUT2D eigenvalue weighted by Gasteiger charge is 2.35. The molecule has 1 saturated heterocycles. The highest BCUT2D eigenvalue weighted by Crippen LogP contribution is 2.35. The average molecular weight is 524 g/mol. The smallest absolute Gasteiger partial charge is 0.373 e. The van der Waals surface area contributed by atoms with Crippen molar-refractivity contribution in [1.29, 1.82) is 0 Å². The van der Waals surface area contributed by atoms with Gasteiger partial charge in [-0.15, -0.1) is 0 Å². The lowest BCUT2D eigenvalue weighted by atomic mass is 10.1. The van der Waals surface area contributed by atoms with E-state index in [2.05, 4.69) is 4.74 Å². The molecule has 2 aromatic carbocycles. The van der Waals surface area contributed by atoms with Gasteiger partial charge >= 0.3 is 11.9 Å². The van der Waals surface area contributed by atoms with Crippen LogP contribution in [0.25, 0.3) is 6.08 Å². The molecule has 0 bridgehead atoms. The van der Waals surface area contributed by atoms with Crippen molar-refractivity contribution in [3.05, 3.63) is 87.7 Å². The first-order valence-electron chi connectivity index (χ1n) is 10.8. The lowest BCUT2D eigenvalue weighted by Crippen LogP contribution is -2.27. The number of rotatable bonds is 9. The monoisotopic (exact) mass is 523 g/mol. The van der Waals surface area contributed by atoms with Crippen molar-refractivity contribution >= 4 is 40.9 Å². The van der Waals surface area contributed by atoms with Crippen LogP contribution in [-0.4, -0.2) is 47.3 Å². The van der Waals surface area contributed by atoms with E-state index in [1.165, 1.54) is 38.5 Å². The fraction of sp³-hybridized carbons (Fsp3) is 0.154. The van der Waals surface area contributed by atoms with Gasteiger partial charge in [-0.1, -0.05) is 18.2 Å². The molecule has 0 radical (unpaired) electrons. The molecule has 1 aliphatic heterocycles. The van der Waals surface area contributed by atoms with Crippen molar-refractivity contribution in [2.24, 2.45) is 0 Å². The summed E-state index contributed by atoms with van der Waals surface area (Å²) in [5, 5.41) is 8.54. The molecule has 2 heterocycles. The minimum atomic E-state index is -1.00. The molecule has 0 atom stereocenters. The third kappa shape index (κ3) is 5.84. The Hall–Kier alpha value is -4.51. The van der Waals surface area contributed by atoms with Gasteiger partial charge in [0.2, 0.25) is 5.76 Å². The molecule has 2 amide bonds. The number of nitrogens with zero attached hydrogens (tertiary/aromatic N) is 1. The van der Waals surface area contributed by atoms with Crippen LogP contribution in [0.4, 0.5) is 4.79 Å². The minimum Gasteiger partial charge on any atom is -0.493 e. The van der Waals surface area contributed by atoms with E-state index in [0.717, 1.165) is 22.2 Å². The van der Waals surface area contributed by atoms with Crippen LogP contribution in [0.5, 0.6) is 11.5 Å². The van der Waals surface area contributed by atoms with E-state index in [1.54, 1.807) is 36.4 Å². The quantitative estimate of drug-likeness (QED) is 0.314. The summed E-state index contributed by atoms with van der Waals surface area (Å²) in [5.74, 6) is -1.03. The fourth-order valence-electron chi connectivity index (χ4n) is 3.41. The van der Waals surface area contributed by atoms with E-state index in [1.807, 2.05) is 0 Å². The average Bonchev–Trinajstić information content (AvgIpc) is 3.48. The van der Waals surface area contributed by atoms with Crippen LogP contribution in [0.1, 0.15) is 37.8 Å². The maximum Gasteiger partial charge on any atom is 0.373 e. The standard InChI is InChI=1S/C26H21NO9S/c1-33-21-11-16(5-9-19(21)35-14-15-3-6-17(7-4-15)24(29)30)12-22-23(28)27(26(32)37-22)13-18-8-10-20(36-18)25(31)34-2/h3-12H,13-14H2,1-2H3,(H,29,30)/b22-12+. The lowest BCUT2D eigenvalue weighted by Gasteiger charge is -2.12. The number of hydrogen-bond donors (Lipinski definition) is 1. The number of carbonyl (C=O) groups is 4. The summed E-state index contributed by atoms with van der Waals surface area (Å²) >= 11 is 0.793. The molecule has 0 aliphatic carbocycles. The van der Waals surface area contributed by atoms with Gasteiger partial charge in [-0.2, -0.15) is 0 Å². The van der Waals surface area contributed by atoms with Gasteiger partial charge in [0.05, 0.1) is 31.2 Å². The van der Waals surface area contributed by atoms with Gasteiger partial charge in [0.25, 0.3) is 11.1 Å². The number of carboxylic acids is 1. The Morgan fingerprint density at radius 3 is 2.46 bits per heavy atom. The van der Waals surface area contributed by atoms with Gasteiger partial charge < -0.3 is 23.7 Å². The lowest BCUT2D eigenvalue weighted by molar-refractivity contribution is -0.123. The summed E-state index contributed by atoms with van der Waals surface area (Å²) < 4.78 is 21.2. The van der Waals surface area contributed by atoms with Gasteiger partial charge in [0.1, 0.15) is 12.4 Å². The first-order valence-corrected chi connectivity index (χ1v) is 11.7. The van der Waals surface area contributed by atoms with Crippen LogP contribution < -0.4 is 9.47 Å². The molecule has 11 heteroatoms. The summed E-state index contributed by atoms with van der Waals surface area (Å²) in [5.41, 5.74) is 1.58. The Bertz CT molecular complexity index is 1390. The fourth-order valence-corrected chi connectivity index (χ4v) is 4.25. The summed E-state index contributed by atoms with van der Waals surface area (Å²) in [7, 11) is 2.70. The molecule has 1 aliphatic rings. The number of methoxy groups -OCH3 is 2. The number of amides is 2.